The van der Waals surface area contributed by atoms with Gasteiger partial charge in [0.15, 0.2) is 17.6 Å². The minimum absolute atomic E-state index is 0.214. The third-order valence-corrected chi connectivity index (χ3v) is 7.51. The molecule has 1 amide bonds. The van der Waals surface area contributed by atoms with Gasteiger partial charge in [-0.15, -0.1) is 11.3 Å². The number of esters is 1. The first-order valence-corrected chi connectivity index (χ1v) is 13.3. The average Bonchev–Trinajstić information content (AvgIpc) is 3.25. The van der Waals surface area contributed by atoms with E-state index < -0.39 is 18.0 Å². The average molecular weight is 592 g/mol. The zero-order valence-corrected chi connectivity index (χ0v) is 23.3. The number of carbonyl (C=O) groups excluding carboxylic acids is 2. The number of benzene rings is 3. The lowest BCUT2D eigenvalue weighted by Gasteiger charge is -2.16. The Morgan fingerprint density at radius 3 is 2.50 bits per heavy atom. The predicted molar refractivity (Wildman–Crippen MR) is 152 cm³/mol. The number of carbonyl (C=O) groups is 2. The zero-order chi connectivity index (χ0) is 27.2. The molecule has 1 heterocycles. The van der Waals surface area contributed by atoms with Gasteiger partial charge < -0.3 is 14.2 Å². The highest BCUT2D eigenvalue weighted by Crippen LogP contribution is 2.37. The molecule has 0 aliphatic rings. The van der Waals surface area contributed by atoms with Gasteiger partial charge in [-0.2, -0.15) is 5.10 Å². The van der Waals surface area contributed by atoms with E-state index in [-0.39, 0.29) is 5.75 Å². The summed E-state index contributed by atoms with van der Waals surface area (Å²) in [6, 6.07) is 17.1. The summed E-state index contributed by atoms with van der Waals surface area (Å²) in [6.45, 7) is 1.80. The van der Waals surface area contributed by atoms with Crippen LogP contribution in [0.1, 0.15) is 28.6 Å². The molecule has 196 valence electrons. The lowest BCUT2D eigenvalue weighted by atomic mass is 10.2. The number of hydrazone groups is 1. The van der Waals surface area contributed by atoms with Crippen LogP contribution in [-0.4, -0.2) is 31.3 Å². The molecular weight excluding hydrogens is 571 g/mol. The Bertz CT molecular complexity index is 1520. The molecule has 0 fully saturated rings. The highest BCUT2D eigenvalue weighted by molar-refractivity contribution is 7.21. The molecule has 1 aromatic heterocycles. The van der Waals surface area contributed by atoms with E-state index in [1.165, 1.54) is 30.7 Å². The molecule has 0 aliphatic carbocycles. The molecule has 0 radical (unpaired) electrons. The highest BCUT2D eigenvalue weighted by atomic mass is 35.5. The zero-order valence-electron chi connectivity index (χ0n) is 20.2. The smallest absolute Gasteiger partial charge is 0.355 e. The first-order chi connectivity index (χ1) is 18.3. The normalized spacial score (nSPS) is 11.9. The van der Waals surface area contributed by atoms with E-state index >= 15 is 0 Å². The molecule has 0 spiro atoms. The van der Waals surface area contributed by atoms with Crippen LogP contribution >= 0.6 is 46.1 Å². The third-order valence-electron chi connectivity index (χ3n) is 5.33. The summed E-state index contributed by atoms with van der Waals surface area (Å²) in [4.78, 5) is 25.7. The molecule has 38 heavy (non-hydrogen) atoms. The standard InChI is InChI=1S/C27H21Cl3N2O5S/c1-3-19(36-20-11-9-16(28)13-18(20)29)26(33)32-31-14-15-8-10-21(22(12-15)35-2)37-27(34)25-24(30)17-6-4-5-7-23(17)38-25/h4-14,19H,3H2,1-2H3,(H,32,33)/b31-14-/t19-/m0/s1. The number of hydrogen-bond acceptors (Lipinski definition) is 7. The summed E-state index contributed by atoms with van der Waals surface area (Å²) >= 11 is 19.7. The molecule has 0 unspecified atom stereocenters. The first kappa shape index (κ1) is 27.7. The summed E-state index contributed by atoms with van der Waals surface area (Å²) in [6.07, 6.45) is 0.998. The van der Waals surface area contributed by atoms with Gasteiger partial charge in [-0.1, -0.05) is 59.9 Å². The molecule has 11 heteroatoms. The van der Waals surface area contributed by atoms with Crippen LogP contribution < -0.4 is 19.6 Å². The Kier molecular flexibility index (Phi) is 9.12. The predicted octanol–water partition coefficient (Wildman–Crippen LogP) is 7.40. The van der Waals surface area contributed by atoms with Gasteiger partial charge in [-0.25, -0.2) is 10.2 Å². The van der Waals surface area contributed by atoms with Gasteiger partial charge in [-0.05, 0) is 54.4 Å². The topological polar surface area (TPSA) is 86.2 Å². The quantitative estimate of drug-likeness (QED) is 0.0949. The van der Waals surface area contributed by atoms with Crippen LogP contribution in [0.5, 0.6) is 17.2 Å². The number of fused-ring (bicyclic) bond motifs is 1. The van der Waals surface area contributed by atoms with Crippen molar-refractivity contribution in [1.82, 2.24) is 5.43 Å². The van der Waals surface area contributed by atoms with Gasteiger partial charge in [0.1, 0.15) is 10.6 Å². The van der Waals surface area contributed by atoms with Crippen LogP contribution in [-0.2, 0) is 4.79 Å². The molecule has 1 atom stereocenters. The molecule has 0 saturated heterocycles. The first-order valence-electron chi connectivity index (χ1n) is 11.3. The van der Waals surface area contributed by atoms with Gasteiger partial charge in [0.25, 0.3) is 5.91 Å². The van der Waals surface area contributed by atoms with E-state index in [0.29, 0.717) is 43.4 Å². The Morgan fingerprint density at radius 1 is 1.03 bits per heavy atom. The van der Waals surface area contributed by atoms with Crippen LogP contribution in [0, 0.1) is 0 Å². The monoisotopic (exact) mass is 590 g/mol. The fraction of sp³-hybridized carbons (Fsp3) is 0.148. The maximum Gasteiger partial charge on any atom is 0.355 e. The molecule has 4 rings (SSSR count). The van der Waals surface area contributed by atoms with Gasteiger partial charge in [0.05, 0.1) is 23.4 Å². The van der Waals surface area contributed by atoms with E-state index in [9.17, 15) is 9.59 Å². The lowest BCUT2D eigenvalue weighted by molar-refractivity contribution is -0.128. The second-order valence-electron chi connectivity index (χ2n) is 7.86. The van der Waals surface area contributed by atoms with Crippen molar-refractivity contribution in [2.75, 3.05) is 7.11 Å². The molecule has 4 aromatic rings. The van der Waals surface area contributed by atoms with Gasteiger partial charge >= 0.3 is 5.97 Å². The van der Waals surface area contributed by atoms with Crippen molar-refractivity contribution in [2.45, 2.75) is 19.4 Å². The van der Waals surface area contributed by atoms with Crippen molar-refractivity contribution < 1.29 is 23.8 Å². The largest absolute Gasteiger partial charge is 0.493 e. The number of nitrogens with zero attached hydrogens (tertiary/aromatic N) is 1. The summed E-state index contributed by atoms with van der Waals surface area (Å²) < 4.78 is 17.5. The van der Waals surface area contributed by atoms with Crippen molar-refractivity contribution in [1.29, 1.82) is 0 Å². The third kappa shape index (κ3) is 6.39. The minimum Gasteiger partial charge on any atom is -0.493 e. The lowest BCUT2D eigenvalue weighted by Crippen LogP contribution is -2.35. The maximum absolute atomic E-state index is 12.8. The fourth-order valence-corrected chi connectivity index (χ4v) is 5.27. The molecule has 7 nitrogen and oxygen atoms in total. The van der Waals surface area contributed by atoms with Crippen LogP contribution in [0.4, 0.5) is 0 Å². The van der Waals surface area contributed by atoms with Crippen molar-refractivity contribution in [2.24, 2.45) is 5.10 Å². The number of methoxy groups -OCH3 is 1. The minimum atomic E-state index is -0.817. The number of nitrogens with one attached hydrogen (secondary N) is 1. The Morgan fingerprint density at radius 2 is 1.79 bits per heavy atom. The van der Waals surface area contributed by atoms with Crippen molar-refractivity contribution in [3.05, 3.63) is 86.2 Å². The van der Waals surface area contributed by atoms with E-state index in [2.05, 4.69) is 10.5 Å². The molecule has 0 saturated carbocycles. The van der Waals surface area contributed by atoms with Crippen LogP contribution in [0.25, 0.3) is 10.1 Å². The van der Waals surface area contributed by atoms with Crippen LogP contribution in [0.2, 0.25) is 15.1 Å². The molecule has 3 aromatic carbocycles. The SMILES string of the molecule is CC[C@H](Oc1ccc(Cl)cc1Cl)C(=O)N/N=C\c1ccc(OC(=O)c2sc3ccccc3c2Cl)c(OC)c1. The summed E-state index contributed by atoms with van der Waals surface area (Å²) in [5.74, 6) is -0.180. The van der Waals surface area contributed by atoms with E-state index in [1.807, 2.05) is 24.3 Å². The number of amides is 1. The second kappa shape index (κ2) is 12.5. The molecule has 0 aliphatic heterocycles. The van der Waals surface area contributed by atoms with Crippen LogP contribution in [0.3, 0.4) is 0 Å². The summed E-state index contributed by atoms with van der Waals surface area (Å²) in [5, 5.41) is 5.90. The Hall–Kier alpha value is -3.30. The van der Waals surface area contributed by atoms with E-state index in [1.54, 1.807) is 37.3 Å². The number of thiophene rings is 1. The fourth-order valence-electron chi connectivity index (χ4n) is 3.43. The highest BCUT2D eigenvalue weighted by Gasteiger charge is 2.21. The van der Waals surface area contributed by atoms with Crippen molar-refractivity contribution >= 4 is 74.3 Å². The van der Waals surface area contributed by atoms with E-state index in [4.69, 9.17) is 49.0 Å². The number of rotatable bonds is 9. The van der Waals surface area contributed by atoms with Crippen molar-refractivity contribution in [3.8, 4) is 17.2 Å². The molecule has 1 N–H and O–H groups in total. The number of ether oxygens (including phenoxy) is 3. The molecular formula is C27H21Cl3N2O5S. The molecule has 0 bridgehead atoms. The number of hydrogen-bond donors (Lipinski definition) is 1. The Labute approximate surface area is 237 Å². The van der Waals surface area contributed by atoms with Gasteiger partial charge in [0.2, 0.25) is 0 Å². The maximum atomic E-state index is 12.8. The summed E-state index contributed by atoms with van der Waals surface area (Å²) in [5.41, 5.74) is 3.05. The van der Waals surface area contributed by atoms with Crippen LogP contribution in [0.15, 0.2) is 65.8 Å². The van der Waals surface area contributed by atoms with Crippen molar-refractivity contribution in [3.63, 3.8) is 0 Å². The second-order valence-corrected chi connectivity index (χ2v) is 10.1. The van der Waals surface area contributed by atoms with Gasteiger partial charge in [-0.3, -0.25) is 4.79 Å². The van der Waals surface area contributed by atoms with Gasteiger partial charge in [0, 0.05) is 15.1 Å². The Balaban J connectivity index is 1.41. The number of halogens is 3. The summed E-state index contributed by atoms with van der Waals surface area (Å²) in [7, 11) is 1.45. The van der Waals surface area contributed by atoms with E-state index in [0.717, 1.165) is 10.1 Å².